The molecular formula is C17H24N6O3. The van der Waals surface area contributed by atoms with E-state index in [2.05, 4.69) is 28.2 Å². The summed E-state index contributed by atoms with van der Waals surface area (Å²) in [5, 5.41) is 17.3. The minimum absolute atomic E-state index is 0.104. The number of nitrogens with zero attached hydrogens (tertiary/aromatic N) is 6. The molecule has 0 radical (unpaired) electrons. The van der Waals surface area contributed by atoms with Gasteiger partial charge in [0.25, 0.3) is 5.91 Å². The lowest BCUT2D eigenvalue weighted by atomic mass is 10.2. The topological polar surface area (TPSA) is 96.5 Å². The van der Waals surface area contributed by atoms with Crippen molar-refractivity contribution in [2.75, 3.05) is 26.2 Å². The van der Waals surface area contributed by atoms with Crippen LogP contribution in [0.15, 0.2) is 24.8 Å². The molecule has 9 heteroatoms. The molecule has 3 rings (SSSR count). The van der Waals surface area contributed by atoms with E-state index in [1.807, 2.05) is 10.9 Å². The van der Waals surface area contributed by atoms with Crippen LogP contribution in [0.4, 0.5) is 0 Å². The fourth-order valence-electron chi connectivity index (χ4n) is 2.98. The molecule has 0 aliphatic carbocycles. The maximum Gasteiger partial charge on any atom is 0.328 e. The largest absolute Gasteiger partial charge is 0.480 e. The Hall–Kier alpha value is -2.68. The quantitative estimate of drug-likeness (QED) is 0.815. The molecule has 9 nitrogen and oxygen atoms in total. The number of aryl methyl sites for hydroxylation is 1. The first-order chi connectivity index (χ1) is 12.5. The maximum atomic E-state index is 12.6. The minimum Gasteiger partial charge on any atom is -0.480 e. The number of piperazine rings is 1. The Balaban J connectivity index is 1.54. The number of amides is 1. The average molecular weight is 360 g/mol. The van der Waals surface area contributed by atoms with Crippen LogP contribution in [0.2, 0.25) is 0 Å². The summed E-state index contributed by atoms with van der Waals surface area (Å²) in [7, 11) is 0. The van der Waals surface area contributed by atoms with E-state index in [4.69, 9.17) is 5.11 Å². The number of hydrogen-bond donors (Lipinski definition) is 1. The lowest BCUT2D eigenvalue weighted by Crippen LogP contribution is -2.48. The monoisotopic (exact) mass is 360 g/mol. The van der Waals surface area contributed by atoms with E-state index in [1.54, 1.807) is 4.90 Å². The predicted molar refractivity (Wildman–Crippen MR) is 93.7 cm³/mol. The number of aliphatic carboxylic acids is 1. The molecule has 2 aromatic heterocycles. The molecular weight excluding hydrogens is 336 g/mol. The third kappa shape index (κ3) is 3.93. The molecule has 1 N–H and O–H groups in total. The molecule has 1 unspecified atom stereocenters. The van der Waals surface area contributed by atoms with Crippen molar-refractivity contribution in [3.8, 4) is 0 Å². The van der Waals surface area contributed by atoms with Crippen LogP contribution in [-0.4, -0.2) is 72.5 Å². The molecule has 140 valence electrons. The van der Waals surface area contributed by atoms with Gasteiger partial charge >= 0.3 is 5.97 Å². The van der Waals surface area contributed by atoms with Gasteiger partial charge in [0.1, 0.15) is 6.04 Å². The summed E-state index contributed by atoms with van der Waals surface area (Å²) in [5.74, 6) is -1.08. The van der Waals surface area contributed by atoms with Crippen LogP contribution < -0.4 is 0 Å². The van der Waals surface area contributed by atoms with Crippen molar-refractivity contribution in [2.24, 2.45) is 0 Å². The second-order valence-corrected chi connectivity index (χ2v) is 6.50. The van der Waals surface area contributed by atoms with Gasteiger partial charge < -0.3 is 10.0 Å². The molecule has 26 heavy (non-hydrogen) atoms. The Morgan fingerprint density at radius 1 is 1.15 bits per heavy atom. The van der Waals surface area contributed by atoms with Gasteiger partial charge in [0.05, 0.1) is 18.0 Å². The van der Waals surface area contributed by atoms with Crippen LogP contribution in [0.25, 0.3) is 0 Å². The van der Waals surface area contributed by atoms with Gasteiger partial charge in [0.2, 0.25) is 0 Å². The number of aromatic nitrogens is 4. The van der Waals surface area contributed by atoms with E-state index in [1.165, 1.54) is 29.6 Å². The van der Waals surface area contributed by atoms with Gasteiger partial charge in [-0.25, -0.2) is 4.79 Å². The summed E-state index contributed by atoms with van der Waals surface area (Å²) in [6.45, 7) is 8.14. The lowest BCUT2D eigenvalue weighted by Gasteiger charge is -2.34. The van der Waals surface area contributed by atoms with Crippen molar-refractivity contribution in [1.82, 2.24) is 29.4 Å². The van der Waals surface area contributed by atoms with Crippen LogP contribution in [-0.2, 0) is 17.9 Å². The Kier molecular flexibility index (Phi) is 5.36. The van der Waals surface area contributed by atoms with Crippen LogP contribution in [0.5, 0.6) is 0 Å². The summed E-state index contributed by atoms with van der Waals surface area (Å²) in [6, 6.07) is -0.794. The zero-order chi connectivity index (χ0) is 18.7. The summed E-state index contributed by atoms with van der Waals surface area (Å²) < 4.78 is 3.21. The average Bonchev–Trinajstić information content (AvgIpc) is 3.30. The van der Waals surface area contributed by atoms with Crippen LogP contribution in [0.3, 0.4) is 0 Å². The molecule has 1 fully saturated rings. The molecule has 1 atom stereocenters. The first-order valence-electron chi connectivity index (χ1n) is 8.78. The third-order valence-corrected chi connectivity index (χ3v) is 4.68. The number of hydrogen-bond acceptors (Lipinski definition) is 5. The number of rotatable bonds is 6. The first-order valence-corrected chi connectivity index (χ1v) is 8.78. The highest BCUT2D eigenvalue weighted by Crippen LogP contribution is 2.13. The summed E-state index contributed by atoms with van der Waals surface area (Å²) in [6.07, 6.45) is 6.88. The normalized spacial score (nSPS) is 16.6. The van der Waals surface area contributed by atoms with Gasteiger partial charge in [-0.3, -0.25) is 19.1 Å². The number of carboxylic acids is 1. The number of carboxylic acid groups (broad SMARTS) is 1. The van der Waals surface area contributed by atoms with E-state index in [9.17, 15) is 9.59 Å². The Labute approximate surface area is 151 Å². The molecule has 1 aliphatic heterocycles. The second-order valence-electron chi connectivity index (χ2n) is 6.50. The van der Waals surface area contributed by atoms with Gasteiger partial charge in [-0.1, -0.05) is 0 Å². The van der Waals surface area contributed by atoms with E-state index >= 15 is 0 Å². The highest BCUT2D eigenvalue weighted by atomic mass is 16.4. The summed E-state index contributed by atoms with van der Waals surface area (Å²) >= 11 is 0. The molecule has 0 aromatic carbocycles. The fourth-order valence-corrected chi connectivity index (χ4v) is 2.98. The van der Waals surface area contributed by atoms with Gasteiger partial charge in [-0.2, -0.15) is 10.2 Å². The first kappa shape index (κ1) is 18.1. The van der Waals surface area contributed by atoms with Gasteiger partial charge in [-0.15, -0.1) is 0 Å². The fraction of sp³-hybridized carbons (Fsp3) is 0.529. The molecule has 3 heterocycles. The van der Waals surface area contributed by atoms with Gasteiger partial charge in [0, 0.05) is 57.2 Å². The van der Waals surface area contributed by atoms with Crippen LogP contribution in [0, 0.1) is 0 Å². The second kappa shape index (κ2) is 7.69. The van der Waals surface area contributed by atoms with Crippen molar-refractivity contribution >= 4 is 11.9 Å². The molecule has 0 spiro atoms. The standard InChI is InChI=1S/C17H24N6O3/c1-3-22-11-14(8-18-22)10-20-4-6-21(7-5-20)16(24)15-9-19-23(12-15)13(2)17(25)26/h8-9,11-13H,3-7,10H2,1-2H3,(H,25,26). The number of carbonyl (C=O) groups excluding carboxylic acids is 1. The predicted octanol–water partition coefficient (Wildman–Crippen LogP) is 0.703. The lowest BCUT2D eigenvalue weighted by molar-refractivity contribution is -0.140. The van der Waals surface area contributed by atoms with Crippen molar-refractivity contribution in [3.05, 3.63) is 35.9 Å². The highest BCUT2D eigenvalue weighted by Gasteiger charge is 2.24. The van der Waals surface area contributed by atoms with E-state index in [0.717, 1.165) is 26.2 Å². The Morgan fingerprint density at radius 3 is 2.50 bits per heavy atom. The molecule has 1 aliphatic rings. The Bertz CT molecular complexity index is 775. The molecule has 0 bridgehead atoms. The third-order valence-electron chi connectivity index (χ3n) is 4.68. The SMILES string of the molecule is CCn1cc(CN2CCN(C(=O)c3cnn(C(C)C(=O)O)c3)CC2)cn1. The Morgan fingerprint density at radius 2 is 1.88 bits per heavy atom. The molecule has 0 saturated carbocycles. The molecule has 1 amide bonds. The van der Waals surface area contributed by atoms with Gasteiger partial charge in [0.15, 0.2) is 0 Å². The zero-order valence-corrected chi connectivity index (χ0v) is 15.1. The maximum absolute atomic E-state index is 12.6. The highest BCUT2D eigenvalue weighted by molar-refractivity contribution is 5.93. The molecule has 2 aromatic rings. The van der Waals surface area contributed by atoms with E-state index < -0.39 is 12.0 Å². The van der Waals surface area contributed by atoms with E-state index in [0.29, 0.717) is 18.7 Å². The smallest absolute Gasteiger partial charge is 0.328 e. The van der Waals surface area contributed by atoms with Crippen molar-refractivity contribution in [2.45, 2.75) is 33.0 Å². The molecule has 1 saturated heterocycles. The van der Waals surface area contributed by atoms with Crippen molar-refractivity contribution in [1.29, 1.82) is 0 Å². The minimum atomic E-state index is -0.980. The zero-order valence-electron chi connectivity index (χ0n) is 15.1. The van der Waals surface area contributed by atoms with Crippen molar-refractivity contribution in [3.63, 3.8) is 0 Å². The van der Waals surface area contributed by atoms with Crippen LogP contribution >= 0.6 is 0 Å². The van der Waals surface area contributed by atoms with Gasteiger partial charge in [-0.05, 0) is 13.8 Å². The van der Waals surface area contributed by atoms with E-state index in [-0.39, 0.29) is 5.91 Å². The summed E-state index contributed by atoms with van der Waals surface area (Å²) in [4.78, 5) is 27.7. The number of carbonyl (C=O) groups is 2. The van der Waals surface area contributed by atoms with Crippen molar-refractivity contribution < 1.29 is 14.7 Å². The van der Waals surface area contributed by atoms with Crippen LogP contribution in [0.1, 0.15) is 35.8 Å². The summed E-state index contributed by atoms with van der Waals surface area (Å²) in [5.41, 5.74) is 1.60.